The highest BCUT2D eigenvalue weighted by molar-refractivity contribution is 7.15. The van der Waals surface area contributed by atoms with Crippen molar-refractivity contribution in [3.05, 3.63) is 64.8 Å². The third-order valence-electron chi connectivity index (χ3n) is 4.27. The number of hydrogen-bond donors (Lipinski definition) is 0. The van der Waals surface area contributed by atoms with Crippen molar-refractivity contribution in [2.45, 2.75) is 20.3 Å². The van der Waals surface area contributed by atoms with Gasteiger partial charge in [-0.15, -0.1) is 11.3 Å². The highest BCUT2D eigenvalue weighted by Crippen LogP contribution is 2.34. The number of aromatic nitrogens is 3. The number of rotatable bonds is 3. The molecule has 0 bridgehead atoms. The van der Waals surface area contributed by atoms with Crippen molar-refractivity contribution < 1.29 is 0 Å². The van der Waals surface area contributed by atoms with Gasteiger partial charge in [0.25, 0.3) is 0 Å². The SMILES string of the molecule is Cc1ccc(-c2nc3scc(-c4ccccn4)n3c2CC#N)c(C)c1. The van der Waals surface area contributed by atoms with Crippen molar-refractivity contribution >= 4 is 16.3 Å². The zero-order chi connectivity index (χ0) is 17.4. The predicted molar refractivity (Wildman–Crippen MR) is 101 cm³/mol. The van der Waals surface area contributed by atoms with Gasteiger partial charge < -0.3 is 0 Å². The molecule has 4 aromatic rings. The van der Waals surface area contributed by atoms with E-state index in [2.05, 4.69) is 52.9 Å². The van der Waals surface area contributed by atoms with Gasteiger partial charge in [-0.2, -0.15) is 5.26 Å². The van der Waals surface area contributed by atoms with Crippen LogP contribution in [0.4, 0.5) is 0 Å². The van der Waals surface area contributed by atoms with Gasteiger partial charge in [0.15, 0.2) is 4.96 Å². The average Bonchev–Trinajstić information content (AvgIpc) is 3.16. The van der Waals surface area contributed by atoms with E-state index in [9.17, 15) is 5.26 Å². The Hall–Kier alpha value is -2.97. The molecule has 0 amide bonds. The van der Waals surface area contributed by atoms with E-state index in [1.807, 2.05) is 18.2 Å². The lowest BCUT2D eigenvalue weighted by molar-refractivity contribution is 1.07. The molecule has 0 aliphatic carbocycles. The lowest BCUT2D eigenvalue weighted by atomic mass is 10.0. The standard InChI is InChI=1S/C20H16N4S/c1-13-6-7-15(14(2)11-13)19-17(8-9-21)24-18(12-25-20(24)23-19)16-5-3-4-10-22-16/h3-7,10-12H,8H2,1-2H3. The second kappa shape index (κ2) is 6.15. The molecule has 0 radical (unpaired) electrons. The van der Waals surface area contributed by atoms with E-state index in [4.69, 9.17) is 4.98 Å². The van der Waals surface area contributed by atoms with Gasteiger partial charge in [-0.1, -0.05) is 29.8 Å². The molecule has 0 saturated heterocycles. The zero-order valence-corrected chi connectivity index (χ0v) is 14.8. The first-order chi connectivity index (χ1) is 12.2. The van der Waals surface area contributed by atoms with Gasteiger partial charge in [-0.05, 0) is 31.5 Å². The summed E-state index contributed by atoms with van der Waals surface area (Å²) in [5, 5.41) is 11.4. The molecule has 4 rings (SSSR count). The van der Waals surface area contributed by atoms with Crippen LogP contribution in [0.1, 0.15) is 16.8 Å². The van der Waals surface area contributed by atoms with E-state index in [1.54, 1.807) is 17.5 Å². The number of nitrogens with zero attached hydrogens (tertiary/aromatic N) is 4. The van der Waals surface area contributed by atoms with E-state index in [0.29, 0.717) is 6.42 Å². The van der Waals surface area contributed by atoms with Crippen molar-refractivity contribution in [2.24, 2.45) is 0 Å². The molecule has 0 unspecified atom stereocenters. The molecule has 4 nitrogen and oxygen atoms in total. The number of pyridine rings is 1. The summed E-state index contributed by atoms with van der Waals surface area (Å²) in [6.45, 7) is 4.17. The van der Waals surface area contributed by atoms with E-state index in [-0.39, 0.29) is 0 Å². The van der Waals surface area contributed by atoms with Gasteiger partial charge >= 0.3 is 0 Å². The molecule has 0 spiro atoms. The second-order valence-electron chi connectivity index (χ2n) is 6.01. The fraction of sp³-hybridized carbons (Fsp3) is 0.150. The Morgan fingerprint density at radius 2 is 2.08 bits per heavy atom. The zero-order valence-electron chi connectivity index (χ0n) is 14.0. The Balaban J connectivity index is 1.99. The van der Waals surface area contributed by atoms with Crippen LogP contribution in [0.2, 0.25) is 0 Å². The molecule has 0 aliphatic heterocycles. The van der Waals surface area contributed by atoms with Crippen LogP contribution in [-0.2, 0) is 6.42 Å². The summed E-state index contributed by atoms with van der Waals surface area (Å²) in [5.74, 6) is 0. The maximum absolute atomic E-state index is 9.38. The number of fused-ring (bicyclic) bond motifs is 1. The molecule has 0 atom stereocenters. The summed E-state index contributed by atoms with van der Waals surface area (Å²) in [4.78, 5) is 10.2. The van der Waals surface area contributed by atoms with Gasteiger partial charge in [0.2, 0.25) is 0 Å². The minimum atomic E-state index is 0.306. The fourth-order valence-corrected chi connectivity index (χ4v) is 4.04. The monoisotopic (exact) mass is 344 g/mol. The van der Waals surface area contributed by atoms with Crippen LogP contribution < -0.4 is 0 Å². The number of benzene rings is 1. The number of nitriles is 1. The Bertz CT molecular complexity index is 1100. The molecule has 0 fully saturated rings. The van der Waals surface area contributed by atoms with Crippen LogP contribution in [0.3, 0.4) is 0 Å². The van der Waals surface area contributed by atoms with Crippen molar-refractivity contribution in [1.82, 2.24) is 14.4 Å². The third-order valence-corrected chi connectivity index (χ3v) is 5.10. The predicted octanol–water partition coefficient (Wildman–Crippen LogP) is 4.81. The van der Waals surface area contributed by atoms with Gasteiger partial charge in [0, 0.05) is 17.1 Å². The van der Waals surface area contributed by atoms with E-state index in [1.165, 1.54) is 11.1 Å². The number of thiazole rings is 1. The minimum absolute atomic E-state index is 0.306. The number of aryl methyl sites for hydroxylation is 2. The van der Waals surface area contributed by atoms with E-state index >= 15 is 0 Å². The molecule has 25 heavy (non-hydrogen) atoms. The number of hydrogen-bond acceptors (Lipinski definition) is 4. The first-order valence-electron chi connectivity index (χ1n) is 8.04. The quantitative estimate of drug-likeness (QED) is 0.536. The van der Waals surface area contributed by atoms with Crippen LogP contribution in [0.5, 0.6) is 0 Å². The first-order valence-corrected chi connectivity index (χ1v) is 8.92. The molecule has 0 N–H and O–H groups in total. The molecular formula is C20H16N4S. The number of imidazole rings is 1. The molecule has 5 heteroatoms. The summed E-state index contributed by atoms with van der Waals surface area (Å²) in [6.07, 6.45) is 2.09. The van der Waals surface area contributed by atoms with E-state index < -0.39 is 0 Å². The third kappa shape index (κ3) is 2.61. The molecular weight excluding hydrogens is 328 g/mol. The van der Waals surface area contributed by atoms with Crippen LogP contribution >= 0.6 is 11.3 Å². The maximum atomic E-state index is 9.38. The normalized spacial score (nSPS) is 10.9. The second-order valence-corrected chi connectivity index (χ2v) is 6.85. The molecule has 0 aliphatic rings. The summed E-state index contributed by atoms with van der Waals surface area (Å²) >= 11 is 1.58. The van der Waals surface area contributed by atoms with Crippen molar-refractivity contribution in [3.8, 4) is 28.7 Å². The lowest BCUT2D eigenvalue weighted by Gasteiger charge is -2.07. The summed E-state index contributed by atoms with van der Waals surface area (Å²) < 4.78 is 2.07. The van der Waals surface area contributed by atoms with Gasteiger partial charge in [-0.3, -0.25) is 9.38 Å². The maximum Gasteiger partial charge on any atom is 0.195 e. The highest BCUT2D eigenvalue weighted by atomic mass is 32.1. The smallest absolute Gasteiger partial charge is 0.195 e. The Morgan fingerprint density at radius 1 is 1.20 bits per heavy atom. The van der Waals surface area contributed by atoms with Crippen molar-refractivity contribution in [1.29, 1.82) is 5.26 Å². The summed E-state index contributed by atoms with van der Waals surface area (Å²) in [6, 6.07) is 14.5. The largest absolute Gasteiger partial charge is 0.284 e. The molecule has 122 valence electrons. The molecule has 0 saturated carbocycles. The summed E-state index contributed by atoms with van der Waals surface area (Å²) in [7, 11) is 0. The van der Waals surface area contributed by atoms with Crippen molar-refractivity contribution in [2.75, 3.05) is 0 Å². The Labute approximate surface area is 150 Å². The Kier molecular flexibility index (Phi) is 3.83. The van der Waals surface area contributed by atoms with Crippen molar-refractivity contribution in [3.63, 3.8) is 0 Å². The average molecular weight is 344 g/mol. The van der Waals surface area contributed by atoms with Crippen LogP contribution in [0, 0.1) is 25.2 Å². The van der Waals surface area contributed by atoms with Crippen LogP contribution in [0.15, 0.2) is 48.0 Å². The lowest BCUT2D eigenvalue weighted by Crippen LogP contribution is -1.97. The van der Waals surface area contributed by atoms with Crippen LogP contribution in [-0.4, -0.2) is 14.4 Å². The molecule has 3 aromatic heterocycles. The van der Waals surface area contributed by atoms with Gasteiger partial charge in [-0.25, -0.2) is 4.98 Å². The fourth-order valence-electron chi connectivity index (χ4n) is 3.14. The highest BCUT2D eigenvalue weighted by Gasteiger charge is 2.20. The topological polar surface area (TPSA) is 54.0 Å². The van der Waals surface area contributed by atoms with Gasteiger partial charge in [0.1, 0.15) is 0 Å². The van der Waals surface area contributed by atoms with Gasteiger partial charge in [0.05, 0.1) is 35.3 Å². The van der Waals surface area contributed by atoms with Crippen LogP contribution in [0.25, 0.3) is 27.6 Å². The Morgan fingerprint density at radius 3 is 2.80 bits per heavy atom. The molecule has 3 heterocycles. The minimum Gasteiger partial charge on any atom is -0.284 e. The summed E-state index contributed by atoms with van der Waals surface area (Å²) in [5.41, 5.74) is 7.16. The molecule has 1 aromatic carbocycles. The van der Waals surface area contributed by atoms with E-state index in [0.717, 1.165) is 33.3 Å². The first kappa shape index (κ1) is 15.6.